The molecule has 0 saturated carbocycles. The van der Waals surface area contributed by atoms with Crippen LogP contribution in [0.25, 0.3) is 0 Å². The van der Waals surface area contributed by atoms with E-state index in [-0.39, 0.29) is 10.8 Å². The highest BCUT2D eigenvalue weighted by Gasteiger charge is 2.29. The van der Waals surface area contributed by atoms with E-state index in [0.717, 1.165) is 45.3 Å². The van der Waals surface area contributed by atoms with Gasteiger partial charge >= 0.3 is 0 Å². The highest BCUT2D eigenvalue weighted by Crippen LogP contribution is 2.27. The molecule has 1 amide bonds. The molecule has 1 aromatic heterocycles. The van der Waals surface area contributed by atoms with E-state index in [1.807, 2.05) is 0 Å². The molecule has 9 heteroatoms. The van der Waals surface area contributed by atoms with Crippen LogP contribution in [0.2, 0.25) is 0 Å². The van der Waals surface area contributed by atoms with Crippen LogP contribution in [0.5, 0.6) is 5.75 Å². The summed E-state index contributed by atoms with van der Waals surface area (Å²) < 4.78 is 33.5. The number of benzene rings is 1. The number of piperazine rings is 1. The molecule has 4 rings (SSSR count). The fraction of sp³-hybridized carbons (Fsp3) is 0.522. The lowest BCUT2D eigenvalue weighted by Gasteiger charge is -2.34. The largest absolute Gasteiger partial charge is 0.496 e. The summed E-state index contributed by atoms with van der Waals surface area (Å²) in [7, 11) is -2.13. The zero-order valence-corrected chi connectivity index (χ0v) is 20.2. The molecule has 0 atom stereocenters. The van der Waals surface area contributed by atoms with E-state index < -0.39 is 10.0 Å². The monoisotopic (exact) mass is 477 g/mol. The van der Waals surface area contributed by atoms with Gasteiger partial charge in [-0.1, -0.05) is 18.9 Å². The first kappa shape index (κ1) is 23.2. The Labute approximate surface area is 194 Å². The Balaban J connectivity index is 1.49. The van der Waals surface area contributed by atoms with E-state index in [9.17, 15) is 13.2 Å². The predicted octanol–water partition coefficient (Wildman–Crippen LogP) is 3.28. The minimum absolute atomic E-state index is 0.167. The van der Waals surface area contributed by atoms with Gasteiger partial charge in [0, 0.05) is 50.7 Å². The second kappa shape index (κ2) is 10.3. The Morgan fingerprint density at radius 2 is 1.72 bits per heavy atom. The Morgan fingerprint density at radius 3 is 2.34 bits per heavy atom. The Morgan fingerprint density at radius 1 is 1.00 bits per heavy atom. The number of carbonyl (C=O) groups is 1. The normalized spacial score (nSPS) is 19.0. The zero-order valence-electron chi connectivity index (χ0n) is 18.5. The number of methoxy groups -OCH3 is 1. The molecule has 7 nitrogen and oxygen atoms in total. The van der Waals surface area contributed by atoms with E-state index in [4.69, 9.17) is 4.74 Å². The fourth-order valence-electron chi connectivity index (χ4n) is 4.35. The van der Waals surface area contributed by atoms with E-state index in [0.29, 0.717) is 37.5 Å². The number of nitrogens with zero attached hydrogens (tertiary/aromatic N) is 3. The van der Waals surface area contributed by atoms with Crippen LogP contribution in [0.3, 0.4) is 0 Å². The second-order valence-corrected chi connectivity index (χ2v) is 11.3. The van der Waals surface area contributed by atoms with Gasteiger partial charge in [0.05, 0.1) is 17.6 Å². The number of amides is 1. The predicted molar refractivity (Wildman–Crippen MR) is 126 cm³/mol. The number of thiophene rings is 1. The Kier molecular flexibility index (Phi) is 7.50. The van der Waals surface area contributed by atoms with Crippen molar-refractivity contribution < 1.29 is 17.9 Å². The van der Waals surface area contributed by atoms with Crippen molar-refractivity contribution in [3.05, 3.63) is 46.2 Å². The van der Waals surface area contributed by atoms with Gasteiger partial charge in [-0.2, -0.15) is 4.31 Å². The number of hydrogen-bond acceptors (Lipinski definition) is 6. The van der Waals surface area contributed by atoms with Gasteiger partial charge < -0.3 is 9.64 Å². The lowest BCUT2D eigenvalue weighted by Crippen LogP contribution is -2.48. The van der Waals surface area contributed by atoms with Crippen molar-refractivity contribution in [3.8, 4) is 5.75 Å². The molecule has 0 unspecified atom stereocenters. The van der Waals surface area contributed by atoms with E-state index >= 15 is 0 Å². The van der Waals surface area contributed by atoms with Crippen molar-refractivity contribution in [1.82, 2.24) is 14.1 Å². The van der Waals surface area contributed by atoms with Crippen LogP contribution in [0.15, 0.2) is 40.6 Å². The molecule has 1 aromatic carbocycles. The molecule has 2 fully saturated rings. The molecule has 0 aliphatic carbocycles. The molecule has 3 heterocycles. The topological polar surface area (TPSA) is 70.2 Å². The molecule has 0 spiro atoms. The van der Waals surface area contributed by atoms with Gasteiger partial charge in [0.2, 0.25) is 10.0 Å². The molecule has 2 aliphatic heterocycles. The second-order valence-electron chi connectivity index (χ2n) is 8.33. The summed E-state index contributed by atoms with van der Waals surface area (Å²) in [5.74, 6) is 0.233. The van der Waals surface area contributed by atoms with Gasteiger partial charge in [0.1, 0.15) is 5.75 Å². The number of rotatable bonds is 6. The molecule has 174 valence electrons. The molecule has 0 bridgehead atoms. The summed E-state index contributed by atoms with van der Waals surface area (Å²) in [5.41, 5.74) is 0.315. The van der Waals surface area contributed by atoms with Crippen molar-refractivity contribution in [2.45, 2.75) is 37.1 Å². The van der Waals surface area contributed by atoms with Crippen molar-refractivity contribution >= 4 is 27.3 Å². The molecule has 2 saturated heterocycles. The van der Waals surface area contributed by atoms with Crippen molar-refractivity contribution in [3.63, 3.8) is 0 Å². The maximum atomic E-state index is 13.3. The highest BCUT2D eigenvalue weighted by molar-refractivity contribution is 7.89. The maximum absolute atomic E-state index is 13.3. The third-order valence-corrected chi connectivity index (χ3v) is 8.98. The lowest BCUT2D eigenvalue weighted by molar-refractivity contribution is 0.0626. The maximum Gasteiger partial charge on any atom is 0.257 e. The highest BCUT2D eigenvalue weighted by atomic mass is 32.2. The molecule has 2 aliphatic rings. The molecule has 0 N–H and O–H groups in total. The van der Waals surface area contributed by atoms with Crippen molar-refractivity contribution in [2.75, 3.05) is 46.4 Å². The van der Waals surface area contributed by atoms with E-state index in [2.05, 4.69) is 22.4 Å². The summed E-state index contributed by atoms with van der Waals surface area (Å²) in [6.07, 6.45) is 3.85. The first-order chi connectivity index (χ1) is 15.5. The minimum atomic E-state index is -3.63. The van der Waals surface area contributed by atoms with Crippen molar-refractivity contribution in [1.29, 1.82) is 0 Å². The van der Waals surface area contributed by atoms with Gasteiger partial charge in [-0.25, -0.2) is 8.42 Å². The molecule has 2 aromatic rings. The van der Waals surface area contributed by atoms with Gasteiger partial charge in [-0.3, -0.25) is 9.69 Å². The zero-order chi connectivity index (χ0) is 22.6. The first-order valence-corrected chi connectivity index (χ1v) is 13.5. The van der Waals surface area contributed by atoms with Crippen LogP contribution >= 0.6 is 11.3 Å². The number of sulfonamides is 1. The first-order valence-electron chi connectivity index (χ1n) is 11.2. The number of ether oxygens (including phenoxy) is 1. The quantitative estimate of drug-likeness (QED) is 0.639. The third kappa shape index (κ3) is 5.17. The minimum Gasteiger partial charge on any atom is -0.496 e. The van der Waals surface area contributed by atoms with E-state index in [1.165, 1.54) is 18.1 Å². The van der Waals surface area contributed by atoms with Gasteiger partial charge in [0.25, 0.3) is 5.91 Å². The number of carbonyl (C=O) groups excluding carboxylic acids is 1. The van der Waals surface area contributed by atoms with Crippen LogP contribution in [-0.4, -0.2) is 74.8 Å². The van der Waals surface area contributed by atoms with Gasteiger partial charge in [-0.05, 0) is 42.5 Å². The summed E-state index contributed by atoms with van der Waals surface area (Å²) in [5, 5.41) is 2.08. The fourth-order valence-corrected chi connectivity index (χ4v) is 6.64. The van der Waals surface area contributed by atoms with Crippen molar-refractivity contribution in [2.24, 2.45) is 0 Å². The molecular formula is C23H31N3O4S2. The van der Waals surface area contributed by atoms with Gasteiger partial charge in [0.15, 0.2) is 0 Å². The van der Waals surface area contributed by atoms with Crippen LogP contribution in [0.1, 0.15) is 40.9 Å². The summed E-state index contributed by atoms with van der Waals surface area (Å²) in [6, 6.07) is 8.83. The Hall–Kier alpha value is -1.94. The van der Waals surface area contributed by atoms with E-state index in [1.54, 1.807) is 32.7 Å². The number of hydrogen-bond donors (Lipinski definition) is 0. The summed E-state index contributed by atoms with van der Waals surface area (Å²) in [4.78, 5) is 19.0. The Bertz CT molecular complexity index is 1010. The standard InChI is InChI=1S/C23H31N3O4S2/c1-30-22-9-8-20(32(28,29)26-10-4-2-3-5-11-26)17-21(22)23(27)25-14-12-24(13-15-25)18-19-7-6-16-31-19/h6-9,16-17H,2-5,10-15,18H2,1H3. The summed E-state index contributed by atoms with van der Waals surface area (Å²) in [6.45, 7) is 4.75. The summed E-state index contributed by atoms with van der Waals surface area (Å²) >= 11 is 1.74. The molecule has 32 heavy (non-hydrogen) atoms. The van der Waals surface area contributed by atoms with Crippen LogP contribution in [0.4, 0.5) is 0 Å². The van der Waals surface area contributed by atoms with Crippen LogP contribution < -0.4 is 4.74 Å². The molecular weight excluding hydrogens is 446 g/mol. The lowest BCUT2D eigenvalue weighted by atomic mass is 10.1. The molecule has 0 radical (unpaired) electrons. The average molecular weight is 478 g/mol. The van der Waals surface area contributed by atoms with Crippen LogP contribution in [0, 0.1) is 0 Å². The van der Waals surface area contributed by atoms with Gasteiger partial charge in [-0.15, -0.1) is 11.3 Å². The average Bonchev–Trinajstić information content (AvgIpc) is 3.16. The smallest absolute Gasteiger partial charge is 0.257 e. The van der Waals surface area contributed by atoms with Crippen LogP contribution in [-0.2, 0) is 16.6 Å². The third-order valence-electron chi connectivity index (χ3n) is 6.22. The SMILES string of the molecule is COc1ccc(S(=O)(=O)N2CCCCCC2)cc1C(=O)N1CCN(Cc2cccs2)CC1.